The number of benzene rings is 2. The highest BCUT2D eigenvalue weighted by Crippen LogP contribution is 2.32. The third-order valence-electron chi connectivity index (χ3n) is 3.99. The van der Waals surface area contributed by atoms with Crippen molar-refractivity contribution in [3.8, 4) is 11.5 Å². The predicted octanol–water partition coefficient (Wildman–Crippen LogP) is 3.10. The molecule has 0 radical (unpaired) electrons. The number of ether oxygens (including phenoxy) is 2. The lowest BCUT2D eigenvalue weighted by Crippen LogP contribution is -2.25. The molecule has 126 valence electrons. The summed E-state index contributed by atoms with van der Waals surface area (Å²) < 4.78 is 10.6. The largest absolute Gasteiger partial charge is 0.454 e. The molecule has 2 aromatic carbocycles. The van der Waals surface area contributed by atoms with Crippen molar-refractivity contribution in [2.75, 3.05) is 18.7 Å². The summed E-state index contributed by atoms with van der Waals surface area (Å²) in [5, 5.41) is 6.26. The average Bonchev–Trinajstić information content (AvgIpc) is 3.08. The second kappa shape index (κ2) is 7.73. The van der Waals surface area contributed by atoms with Gasteiger partial charge in [0.15, 0.2) is 11.5 Å². The smallest absolute Gasteiger partial charge is 0.231 e. The van der Waals surface area contributed by atoms with Gasteiger partial charge in [0, 0.05) is 25.2 Å². The minimum absolute atomic E-state index is 0.0224. The summed E-state index contributed by atoms with van der Waals surface area (Å²) in [5.41, 5.74) is 3.36. The van der Waals surface area contributed by atoms with Gasteiger partial charge in [0.25, 0.3) is 0 Å². The second-order valence-corrected chi connectivity index (χ2v) is 5.65. The van der Waals surface area contributed by atoms with E-state index in [1.165, 1.54) is 5.56 Å². The fourth-order valence-electron chi connectivity index (χ4n) is 2.65. The van der Waals surface area contributed by atoms with E-state index in [0.717, 1.165) is 29.2 Å². The van der Waals surface area contributed by atoms with Gasteiger partial charge in [-0.3, -0.25) is 4.79 Å². The van der Waals surface area contributed by atoms with Crippen LogP contribution in [0.15, 0.2) is 42.5 Å². The van der Waals surface area contributed by atoms with Gasteiger partial charge in [0.1, 0.15) is 0 Å². The van der Waals surface area contributed by atoms with Crippen molar-refractivity contribution in [2.24, 2.45) is 0 Å². The van der Waals surface area contributed by atoms with Gasteiger partial charge in [-0.15, -0.1) is 0 Å². The number of amides is 1. The van der Waals surface area contributed by atoms with Crippen LogP contribution in [0, 0.1) is 0 Å². The predicted molar refractivity (Wildman–Crippen MR) is 93.3 cm³/mol. The van der Waals surface area contributed by atoms with Crippen LogP contribution in [-0.2, 0) is 17.8 Å². The molecule has 5 nitrogen and oxygen atoms in total. The Labute approximate surface area is 142 Å². The SMILES string of the molecule is CCc1ccccc1NCCC(=O)NCc1ccc2c(c1)OCO2. The minimum atomic E-state index is 0.0224. The van der Waals surface area contributed by atoms with Crippen LogP contribution < -0.4 is 20.1 Å². The van der Waals surface area contributed by atoms with E-state index in [1.807, 2.05) is 36.4 Å². The molecule has 1 aliphatic rings. The molecule has 1 aliphatic heterocycles. The number of rotatable bonds is 7. The Bertz CT molecular complexity index is 716. The number of hydrogen-bond acceptors (Lipinski definition) is 4. The van der Waals surface area contributed by atoms with Crippen molar-refractivity contribution < 1.29 is 14.3 Å². The number of carbonyl (C=O) groups is 1. The quantitative estimate of drug-likeness (QED) is 0.821. The molecule has 0 fully saturated rings. The molecule has 0 atom stereocenters. The molecule has 2 aromatic rings. The summed E-state index contributed by atoms with van der Waals surface area (Å²) >= 11 is 0. The maximum Gasteiger partial charge on any atom is 0.231 e. The highest BCUT2D eigenvalue weighted by molar-refractivity contribution is 5.76. The monoisotopic (exact) mass is 326 g/mol. The normalized spacial score (nSPS) is 12.0. The fraction of sp³-hybridized carbons (Fsp3) is 0.316. The molecule has 24 heavy (non-hydrogen) atoms. The first-order chi connectivity index (χ1) is 11.8. The highest BCUT2D eigenvalue weighted by atomic mass is 16.7. The van der Waals surface area contributed by atoms with Crippen molar-refractivity contribution in [1.82, 2.24) is 5.32 Å². The minimum Gasteiger partial charge on any atom is -0.454 e. The van der Waals surface area contributed by atoms with Crippen molar-refractivity contribution in [3.63, 3.8) is 0 Å². The van der Waals surface area contributed by atoms with E-state index in [0.29, 0.717) is 19.5 Å². The van der Waals surface area contributed by atoms with Crippen LogP contribution in [0.4, 0.5) is 5.69 Å². The van der Waals surface area contributed by atoms with Crippen LogP contribution >= 0.6 is 0 Å². The number of hydrogen-bond donors (Lipinski definition) is 2. The van der Waals surface area contributed by atoms with E-state index in [2.05, 4.69) is 23.6 Å². The number of nitrogens with one attached hydrogen (secondary N) is 2. The lowest BCUT2D eigenvalue weighted by molar-refractivity contribution is -0.121. The molecule has 0 unspecified atom stereocenters. The Balaban J connectivity index is 1.43. The summed E-state index contributed by atoms with van der Waals surface area (Å²) in [7, 11) is 0. The molecular formula is C19H22N2O3. The van der Waals surface area contributed by atoms with Crippen molar-refractivity contribution in [3.05, 3.63) is 53.6 Å². The Morgan fingerprint density at radius 1 is 1.12 bits per heavy atom. The van der Waals surface area contributed by atoms with Crippen LogP contribution in [0.2, 0.25) is 0 Å². The molecule has 3 rings (SSSR count). The number of aryl methyl sites for hydroxylation is 1. The zero-order chi connectivity index (χ0) is 16.8. The zero-order valence-electron chi connectivity index (χ0n) is 13.8. The number of fused-ring (bicyclic) bond motifs is 1. The molecule has 0 spiro atoms. The van der Waals surface area contributed by atoms with Crippen molar-refractivity contribution in [1.29, 1.82) is 0 Å². The molecule has 0 aromatic heterocycles. The maximum atomic E-state index is 12.0. The van der Waals surface area contributed by atoms with E-state index in [9.17, 15) is 4.79 Å². The fourth-order valence-corrected chi connectivity index (χ4v) is 2.65. The number of para-hydroxylation sites is 1. The third kappa shape index (κ3) is 3.98. The maximum absolute atomic E-state index is 12.0. The van der Waals surface area contributed by atoms with E-state index in [4.69, 9.17) is 9.47 Å². The van der Waals surface area contributed by atoms with E-state index in [1.54, 1.807) is 0 Å². The molecule has 2 N–H and O–H groups in total. The molecule has 0 bridgehead atoms. The van der Waals surface area contributed by atoms with Crippen LogP contribution in [0.3, 0.4) is 0 Å². The highest BCUT2D eigenvalue weighted by Gasteiger charge is 2.13. The van der Waals surface area contributed by atoms with E-state index < -0.39 is 0 Å². The van der Waals surface area contributed by atoms with Crippen LogP contribution in [0.1, 0.15) is 24.5 Å². The van der Waals surface area contributed by atoms with Crippen molar-refractivity contribution >= 4 is 11.6 Å². The third-order valence-corrected chi connectivity index (χ3v) is 3.99. The van der Waals surface area contributed by atoms with Gasteiger partial charge in [-0.25, -0.2) is 0 Å². The first kappa shape index (κ1) is 16.2. The zero-order valence-corrected chi connectivity index (χ0v) is 13.8. The van der Waals surface area contributed by atoms with Crippen LogP contribution in [-0.4, -0.2) is 19.2 Å². The van der Waals surface area contributed by atoms with Gasteiger partial charge < -0.3 is 20.1 Å². The number of anilines is 1. The Morgan fingerprint density at radius 3 is 2.83 bits per heavy atom. The first-order valence-corrected chi connectivity index (χ1v) is 8.23. The molecule has 1 heterocycles. The van der Waals surface area contributed by atoms with Crippen molar-refractivity contribution in [2.45, 2.75) is 26.3 Å². The van der Waals surface area contributed by atoms with Gasteiger partial charge in [-0.05, 0) is 35.7 Å². The van der Waals surface area contributed by atoms with E-state index >= 15 is 0 Å². The summed E-state index contributed by atoms with van der Waals surface area (Å²) in [5.74, 6) is 1.51. The molecule has 1 amide bonds. The Kier molecular flexibility index (Phi) is 5.21. The number of carbonyl (C=O) groups excluding carboxylic acids is 1. The summed E-state index contributed by atoms with van der Waals surface area (Å²) in [6.07, 6.45) is 1.40. The van der Waals surface area contributed by atoms with Crippen LogP contribution in [0.5, 0.6) is 11.5 Å². The first-order valence-electron chi connectivity index (χ1n) is 8.23. The molecule has 5 heteroatoms. The van der Waals surface area contributed by atoms with Gasteiger partial charge >= 0.3 is 0 Å². The lowest BCUT2D eigenvalue weighted by atomic mass is 10.1. The summed E-state index contributed by atoms with van der Waals surface area (Å²) in [6, 6.07) is 13.9. The van der Waals surface area contributed by atoms with E-state index in [-0.39, 0.29) is 12.7 Å². The Hall–Kier alpha value is -2.69. The molecule has 0 saturated carbocycles. The van der Waals surface area contributed by atoms with Gasteiger partial charge in [-0.1, -0.05) is 31.2 Å². The second-order valence-electron chi connectivity index (χ2n) is 5.65. The molecular weight excluding hydrogens is 304 g/mol. The Morgan fingerprint density at radius 2 is 1.96 bits per heavy atom. The van der Waals surface area contributed by atoms with Crippen LogP contribution in [0.25, 0.3) is 0 Å². The summed E-state index contributed by atoms with van der Waals surface area (Å²) in [6.45, 7) is 3.49. The molecule has 0 saturated heterocycles. The van der Waals surface area contributed by atoms with Gasteiger partial charge in [-0.2, -0.15) is 0 Å². The molecule has 0 aliphatic carbocycles. The topological polar surface area (TPSA) is 59.6 Å². The summed E-state index contributed by atoms with van der Waals surface area (Å²) in [4.78, 5) is 12.0. The lowest BCUT2D eigenvalue weighted by Gasteiger charge is -2.11. The van der Waals surface area contributed by atoms with Gasteiger partial charge in [0.05, 0.1) is 0 Å². The van der Waals surface area contributed by atoms with Gasteiger partial charge in [0.2, 0.25) is 12.7 Å². The average molecular weight is 326 g/mol. The standard InChI is InChI=1S/C19H22N2O3/c1-2-15-5-3-4-6-16(15)20-10-9-19(22)21-12-14-7-8-17-18(11-14)24-13-23-17/h3-8,11,20H,2,9-10,12-13H2,1H3,(H,21,22).